The Morgan fingerprint density at radius 2 is 1.62 bits per heavy atom. The maximum Gasteiger partial charge on any atom is 0.216 e. The minimum atomic E-state index is -3.28. The van der Waals surface area contributed by atoms with Gasteiger partial charge >= 0.3 is 0 Å². The molecular formula is C16H26N2O2S. The molecule has 2 N–H and O–H groups in total. The molecule has 0 saturated heterocycles. The lowest BCUT2D eigenvalue weighted by atomic mass is 9.84. The molecule has 0 unspecified atom stereocenters. The average Bonchev–Trinajstić information content (AvgIpc) is 2.40. The summed E-state index contributed by atoms with van der Waals surface area (Å²) in [6, 6.07) is 7.75. The predicted octanol–water partition coefficient (Wildman–Crippen LogP) is 2.55. The van der Waals surface area contributed by atoms with E-state index in [0.29, 0.717) is 0 Å². The molecule has 21 heavy (non-hydrogen) atoms. The van der Waals surface area contributed by atoms with Gasteiger partial charge in [0.05, 0.1) is 5.75 Å². The van der Waals surface area contributed by atoms with Crippen molar-refractivity contribution in [2.75, 3.05) is 7.05 Å². The molecule has 0 heterocycles. The number of rotatable bonds is 6. The molecule has 1 aromatic rings. The highest BCUT2D eigenvalue weighted by Crippen LogP contribution is 2.28. The first-order chi connectivity index (χ1) is 9.92. The maximum absolute atomic E-state index is 12.4. The molecule has 1 aromatic carbocycles. The highest BCUT2D eigenvalue weighted by molar-refractivity contribution is 7.88. The van der Waals surface area contributed by atoms with Crippen LogP contribution in [0.5, 0.6) is 0 Å². The van der Waals surface area contributed by atoms with E-state index >= 15 is 0 Å². The van der Waals surface area contributed by atoms with E-state index < -0.39 is 10.0 Å². The van der Waals surface area contributed by atoms with Gasteiger partial charge in [-0.25, -0.2) is 13.1 Å². The van der Waals surface area contributed by atoms with Gasteiger partial charge in [0, 0.05) is 12.1 Å². The lowest BCUT2D eigenvalue weighted by molar-refractivity contribution is 0.294. The molecule has 1 fully saturated rings. The molecule has 0 spiro atoms. The SMILES string of the molecule is CNCc1ccc(CS(=O)(=O)NC2(C)CCCCC2)cc1. The summed E-state index contributed by atoms with van der Waals surface area (Å²) in [6.45, 7) is 2.82. The van der Waals surface area contributed by atoms with E-state index in [0.717, 1.165) is 43.4 Å². The molecule has 5 heteroatoms. The Morgan fingerprint density at radius 1 is 1.05 bits per heavy atom. The van der Waals surface area contributed by atoms with Crippen LogP contribution in [0.25, 0.3) is 0 Å². The third-order valence-electron chi connectivity index (χ3n) is 4.12. The number of hydrogen-bond donors (Lipinski definition) is 2. The third kappa shape index (κ3) is 5.09. The molecule has 4 nitrogen and oxygen atoms in total. The second kappa shape index (κ2) is 6.90. The average molecular weight is 310 g/mol. The van der Waals surface area contributed by atoms with Crippen LogP contribution in [0, 0.1) is 0 Å². The van der Waals surface area contributed by atoms with Gasteiger partial charge < -0.3 is 5.32 Å². The molecule has 2 rings (SSSR count). The predicted molar refractivity (Wildman–Crippen MR) is 86.5 cm³/mol. The van der Waals surface area contributed by atoms with E-state index in [-0.39, 0.29) is 11.3 Å². The van der Waals surface area contributed by atoms with Crippen molar-refractivity contribution in [3.05, 3.63) is 35.4 Å². The van der Waals surface area contributed by atoms with Gasteiger partial charge in [-0.15, -0.1) is 0 Å². The van der Waals surface area contributed by atoms with E-state index in [1.54, 1.807) is 0 Å². The van der Waals surface area contributed by atoms with Gasteiger partial charge in [-0.1, -0.05) is 43.5 Å². The van der Waals surface area contributed by atoms with Crippen LogP contribution in [0.2, 0.25) is 0 Å². The molecular weight excluding hydrogens is 284 g/mol. The minimum Gasteiger partial charge on any atom is -0.316 e. The summed E-state index contributed by atoms with van der Waals surface area (Å²) >= 11 is 0. The van der Waals surface area contributed by atoms with Crippen molar-refractivity contribution < 1.29 is 8.42 Å². The van der Waals surface area contributed by atoms with Crippen molar-refractivity contribution in [2.45, 2.75) is 56.9 Å². The zero-order valence-electron chi connectivity index (χ0n) is 13.0. The Hall–Kier alpha value is -0.910. The zero-order valence-corrected chi connectivity index (χ0v) is 13.8. The van der Waals surface area contributed by atoms with E-state index in [4.69, 9.17) is 0 Å². The van der Waals surface area contributed by atoms with Gasteiger partial charge in [0.1, 0.15) is 0 Å². The normalized spacial score (nSPS) is 18.6. The van der Waals surface area contributed by atoms with Crippen LogP contribution in [0.4, 0.5) is 0 Å². The monoisotopic (exact) mass is 310 g/mol. The summed E-state index contributed by atoms with van der Waals surface area (Å²) in [5.41, 5.74) is 1.73. The fourth-order valence-electron chi connectivity index (χ4n) is 3.02. The first kappa shape index (κ1) is 16.5. The van der Waals surface area contributed by atoms with Gasteiger partial charge in [-0.05, 0) is 37.9 Å². The van der Waals surface area contributed by atoms with E-state index in [1.165, 1.54) is 6.42 Å². The Balaban J connectivity index is 1.99. The standard InChI is InChI=1S/C16H26N2O2S/c1-16(10-4-3-5-11-16)18-21(19,20)13-15-8-6-14(7-9-15)12-17-2/h6-9,17-18H,3-5,10-13H2,1-2H3. The number of nitrogens with one attached hydrogen (secondary N) is 2. The van der Waals surface area contributed by atoms with Crippen molar-refractivity contribution in [1.82, 2.24) is 10.0 Å². The Kier molecular flexibility index (Phi) is 5.41. The van der Waals surface area contributed by atoms with Crippen molar-refractivity contribution >= 4 is 10.0 Å². The number of sulfonamides is 1. The summed E-state index contributed by atoms with van der Waals surface area (Å²) in [5, 5.41) is 3.08. The van der Waals surface area contributed by atoms with E-state index in [9.17, 15) is 8.42 Å². The molecule has 118 valence electrons. The molecule has 0 bridgehead atoms. The molecule has 0 aliphatic heterocycles. The lowest BCUT2D eigenvalue weighted by Crippen LogP contribution is -2.47. The summed E-state index contributed by atoms with van der Waals surface area (Å²) < 4.78 is 27.6. The highest BCUT2D eigenvalue weighted by atomic mass is 32.2. The molecule has 0 aromatic heterocycles. The molecule has 0 radical (unpaired) electrons. The summed E-state index contributed by atoms with van der Waals surface area (Å²) in [6.07, 6.45) is 5.31. The van der Waals surface area contributed by atoms with Crippen LogP contribution >= 0.6 is 0 Å². The molecule has 1 saturated carbocycles. The molecule has 1 aliphatic carbocycles. The van der Waals surface area contributed by atoms with Gasteiger partial charge in [0.2, 0.25) is 10.0 Å². The summed E-state index contributed by atoms with van der Waals surface area (Å²) in [5.74, 6) is 0.0580. The summed E-state index contributed by atoms with van der Waals surface area (Å²) in [4.78, 5) is 0. The molecule has 0 atom stereocenters. The fourth-order valence-corrected chi connectivity index (χ4v) is 4.68. The number of benzene rings is 1. The maximum atomic E-state index is 12.4. The summed E-state index contributed by atoms with van der Waals surface area (Å²) in [7, 11) is -1.39. The minimum absolute atomic E-state index is 0.0580. The van der Waals surface area contributed by atoms with Crippen LogP contribution in [0.3, 0.4) is 0 Å². The van der Waals surface area contributed by atoms with Gasteiger partial charge in [-0.2, -0.15) is 0 Å². The second-order valence-corrected chi connectivity index (χ2v) is 8.05. The Bertz CT molecular complexity index is 546. The topological polar surface area (TPSA) is 58.2 Å². The quantitative estimate of drug-likeness (QED) is 0.849. The van der Waals surface area contributed by atoms with E-state index in [2.05, 4.69) is 10.0 Å². The fraction of sp³-hybridized carbons (Fsp3) is 0.625. The van der Waals surface area contributed by atoms with Crippen LogP contribution in [0.1, 0.15) is 50.2 Å². The van der Waals surface area contributed by atoms with Crippen molar-refractivity contribution in [3.63, 3.8) is 0 Å². The smallest absolute Gasteiger partial charge is 0.216 e. The Labute approximate surface area is 128 Å². The van der Waals surface area contributed by atoms with Crippen LogP contribution in [0.15, 0.2) is 24.3 Å². The third-order valence-corrected chi connectivity index (χ3v) is 5.64. The van der Waals surface area contributed by atoms with Crippen LogP contribution in [-0.2, 0) is 22.3 Å². The first-order valence-electron chi connectivity index (χ1n) is 7.67. The highest BCUT2D eigenvalue weighted by Gasteiger charge is 2.31. The molecule has 0 amide bonds. The lowest BCUT2D eigenvalue weighted by Gasteiger charge is -2.34. The molecule has 1 aliphatic rings. The van der Waals surface area contributed by atoms with Crippen LogP contribution in [-0.4, -0.2) is 21.0 Å². The van der Waals surface area contributed by atoms with Crippen molar-refractivity contribution in [3.8, 4) is 0 Å². The van der Waals surface area contributed by atoms with Gasteiger partial charge in [-0.3, -0.25) is 0 Å². The van der Waals surface area contributed by atoms with Crippen LogP contribution < -0.4 is 10.0 Å². The largest absolute Gasteiger partial charge is 0.316 e. The van der Waals surface area contributed by atoms with Gasteiger partial charge in [0.25, 0.3) is 0 Å². The van der Waals surface area contributed by atoms with Gasteiger partial charge in [0.15, 0.2) is 0 Å². The second-order valence-electron chi connectivity index (χ2n) is 6.33. The van der Waals surface area contributed by atoms with Crippen molar-refractivity contribution in [2.24, 2.45) is 0 Å². The van der Waals surface area contributed by atoms with E-state index in [1.807, 2.05) is 38.2 Å². The first-order valence-corrected chi connectivity index (χ1v) is 9.32. The number of hydrogen-bond acceptors (Lipinski definition) is 3. The zero-order chi connectivity index (χ0) is 15.3. The Morgan fingerprint density at radius 3 is 2.19 bits per heavy atom. The van der Waals surface area contributed by atoms with Crippen molar-refractivity contribution in [1.29, 1.82) is 0 Å².